The Morgan fingerprint density at radius 1 is 1.12 bits per heavy atom. The van der Waals surface area contributed by atoms with Gasteiger partial charge in [-0.05, 0) is 36.8 Å². The summed E-state index contributed by atoms with van der Waals surface area (Å²) in [4.78, 5) is 26.7. The van der Waals surface area contributed by atoms with Crippen LogP contribution in [0.4, 0.5) is 0 Å². The summed E-state index contributed by atoms with van der Waals surface area (Å²) in [6, 6.07) is 7.35. The lowest BCUT2D eigenvalue weighted by Crippen LogP contribution is -2.46. The van der Waals surface area contributed by atoms with Gasteiger partial charge < -0.3 is 4.90 Å². The van der Waals surface area contributed by atoms with Crippen LogP contribution in [0, 0.1) is 11.8 Å². The van der Waals surface area contributed by atoms with Gasteiger partial charge >= 0.3 is 0 Å². The zero-order valence-electron chi connectivity index (χ0n) is 13.9. The van der Waals surface area contributed by atoms with Crippen molar-refractivity contribution in [2.75, 3.05) is 13.1 Å². The monoisotopic (exact) mass is 325 g/mol. The second-order valence-corrected chi connectivity index (χ2v) is 7.12. The van der Waals surface area contributed by atoms with E-state index in [4.69, 9.17) is 0 Å². The quantitative estimate of drug-likeness (QED) is 0.852. The molecule has 5 nitrogen and oxygen atoms in total. The van der Waals surface area contributed by atoms with Crippen LogP contribution in [-0.4, -0.2) is 33.7 Å². The normalized spacial score (nSPS) is 23.9. The fourth-order valence-corrected chi connectivity index (χ4v) is 4.34. The summed E-state index contributed by atoms with van der Waals surface area (Å²) in [5.41, 5.74) is 0.628. The third-order valence-electron chi connectivity index (χ3n) is 5.69. The van der Waals surface area contributed by atoms with Crippen molar-refractivity contribution in [3.63, 3.8) is 0 Å². The highest BCUT2D eigenvalue weighted by Gasteiger charge is 2.32. The molecule has 126 valence electrons. The number of hydrogen-bond acceptors (Lipinski definition) is 3. The predicted molar refractivity (Wildman–Crippen MR) is 92.6 cm³/mol. The molecule has 24 heavy (non-hydrogen) atoms. The number of amides is 1. The maximum Gasteiger partial charge on any atom is 0.244 e. The van der Waals surface area contributed by atoms with Gasteiger partial charge in [0.1, 0.15) is 6.54 Å². The molecule has 1 aliphatic heterocycles. The van der Waals surface area contributed by atoms with Crippen LogP contribution in [0.15, 0.2) is 35.3 Å². The van der Waals surface area contributed by atoms with Crippen molar-refractivity contribution in [2.45, 2.75) is 38.6 Å². The van der Waals surface area contributed by atoms with Gasteiger partial charge in [0.05, 0.1) is 11.7 Å². The number of fused-ring (bicyclic) bond motifs is 2. The first kappa shape index (κ1) is 15.4. The Morgan fingerprint density at radius 3 is 2.79 bits per heavy atom. The standard InChI is InChI=1S/C19H23N3O2/c23-18-11-20-22(17-8-4-3-7-16(17)18)13-19(24)21-10-9-14-5-1-2-6-15(14)12-21/h3-4,7-8,11,14-15H,1-2,5-6,9-10,12-13H2. The number of rotatable bonds is 2. The fourth-order valence-electron chi connectivity index (χ4n) is 4.34. The van der Waals surface area contributed by atoms with E-state index >= 15 is 0 Å². The highest BCUT2D eigenvalue weighted by atomic mass is 16.2. The zero-order valence-corrected chi connectivity index (χ0v) is 13.9. The van der Waals surface area contributed by atoms with Crippen molar-refractivity contribution in [1.82, 2.24) is 14.7 Å². The number of carbonyl (C=O) groups excluding carboxylic acids is 1. The second-order valence-electron chi connectivity index (χ2n) is 7.12. The van der Waals surface area contributed by atoms with Gasteiger partial charge in [0.25, 0.3) is 0 Å². The van der Waals surface area contributed by atoms with Crippen LogP contribution in [0.25, 0.3) is 10.9 Å². The van der Waals surface area contributed by atoms with E-state index < -0.39 is 0 Å². The molecule has 1 saturated carbocycles. The van der Waals surface area contributed by atoms with E-state index in [1.807, 2.05) is 23.1 Å². The van der Waals surface area contributed by atoms with Crippen molar-refractivity contribution < 1.29 is 4.79 Å². The average molecular weight is 325 g/mol. The van der Waals surface area contributed by atoms with Crippen molar-refractivity contribution in [2.24, 2.45) is 11.8 Å². The minimum absolute atomic E-state index is 0.0997. The average Bonchev–Trinajstić information content (AvgIpc) is 2.64. The first-order valence-corrected chi connectivity index (χ1v) is 8.95. The van der Waals surface area contributed by atoms with Crippen molar-refractivity contribution >= 4 is 16.8 Å². The molecule has 1 aromatic carbocycles. The molecule has 1 aliphatic carbocycles. The van der Waals surface area contributed by atoms with Crippen LogP contribution in [-0.2, 0) is 11.3 Å². The number of likely N-dealkylation sites (tertiary alicyclic amines) is 1. The molecule has 0 spiro atoms. The topological polar surface area (TPSA) is 55.2 Å². The third-order valence-corrected chi connectivity index (χ3v) is 5.69. The molecule has 1 saturated heterocycles. The molecule has 2 unspecified atom stereocenters. The first-order chi connectivity index (χ1) is 11.7. The summed E-state index contributed by atoms with van der Waals surface area (Å²) in [6.07, 6.45) is 7.68. The Labute approximate surface area is 141 Å². The summed E-state index contributed by atoms with van der Waals surface area (Å²) in [5, 5.41) is 4.80. The summed E-state index contributed by atoms with van der Waals surface area (Å²) < 4.78 is 1.66. The molecule has 5 heteroatoms. The Bertz CT molecular complexity index is 814. The van der Waals surface area contributed by atoms with Gasteiger partial charge in [-0.25, -0.2) is 0 Å². The van der Waals surface area contributed by atoms with E-state index in [2.05, 4.69) is 5.10 Å². The molecule has 2 atom stereocenters. The Morgan fingerprint density at radius 2 is 1.92 bits per heavy atom. The van der Waals surface area contributed by atoms with Gasteiger partial charge in [-0.3, -0.25) is 14.3 Å². The lowest BCUT2D eigenvalue weighted by atomic mass is 9.75. The smallest absolute Gasteiger partial charge is 0.244 e. The van der Waals surface area contributed by atoms with E-state index in [0.717, 1.165) is 30.9 Å². The van der Waals surface area contributed by atoms with Crippen molar-refractivity contribution in [3.8, 4) is 0 Å². The molecule has 2 aliphatic rings. The van der Waals surface area contributed by atoms with Gasteiger partial charge in [0.2, 0.25) is 11.3 Å². The number of hydrogen-bond donors (Lipinski definition) is 0. The number of carbonyl (C=O) groups is 1. The van der Waals surface area contributed by atoms with Crippen molar-refractivity contribution in [3.05, 3.63) is 40.7 Å². The first-order valence-electron chi connectivity index (χ1n) is 8.95. The highest BCUT2D eigenvalue weighted by molar-refractivity contribution is 5.81. The van der Waals surface area contributed by atoms with Gasteiger partial charge in [-0.2, -0.15) is 5.10 Å². The maximum atomic E-state index is 12.8. The summed E-state index contributed by atoms with van der Waals surface area (Å²) >= 11 is 0. The minimum Gasteiger partial charge on any atom is -0.341 e. The summed E-state index contributed by atoms with van der Waals surface area (Å²) in [5.74, 6) is 1.60. The van der Waals surface area contributed by atoms with Gasteiger partial charge in [-0.1, -0.05) is 31.4 Å². The van der Waals surface area contributed by atoms with E-state index in [-0.39, 0.29) is 17.9 Å². The van der Waals surface area contributed by atoms with E-state index in [9.17, 15) is 9.59 Å². The Kier molecular flexibility index (Phi) is 4.08. The van der Waals surface area contributed by atoms with E-state index in [1.54, 1.807) is 10.7 Å². The Hall–Kier alpha value is -2.17. The van der Waals surface area contributed by atoms with Crippen LogP contribution in [0.2, 0.25) is 0 Å². The minimum atomic E-state index is -0.0997. The number of benzene rings is 1. The molecular formula is C19H23N3O2. The number of nitrogens with zero attached hydrogens (tertiary/aromatic N) is 3. The molecule has 2 heterocycles. The molecule has 2 aromatic rings. The molecule has 1 aromatic heterocycles. The van der Waals surface area contributed by atoms with Crippen LogP contribution >= 0.6 is 0 Å². The number of para-hydroxylation sites is 1. The van der Waals surface area contributed by atoms with Gasteiger partial charge in [0, 0.05) is 18.5 Å². The van der Waals surface area contributed by atoms with Crippen LogP contribution in [0.3, 0.4) is 0 Å². The van der Waals surface area contributed by atoms with Gasteiger partial charge in [-0.15, -0.1) is 0 Å². The number of piperidine rings is 1. The maximum absolute atomic E-state index is 12.8. The van der Waals surface area contributed by atoms with Gasteiger partial charge in [0.15, 0.2) is 0 Å². The molecule has 0 radical (unpaired) electrons. The Balaban J connectivity index is 1.52. The van der Waals surface area contributed by atoms with Crippen LogP contribution in [0.1, 0.15) is 32.1 Å². The predicted octanol–water partition coefficient (Wildman–Crippen LogP) is 2.44. The largest absolute Gasteiger partial charge is 0.341 e. The molecule has 2 fully saturated rings. The molecule has 0 bridgehead atoms. The third kappa shape index (κ3) is 2.83. The summed E-state index contributed by atoms with van der Waals surface area (Å²) in [6.45, 7) is 1.96. The fraction of sp³-hybridized carbons (Fsp3) is 0.526. The lowest BCUT2D eigenvalue weighted by molar-refractivity contribution is -0.135. The molecule has 4 rings (SSSR count). The highest BCUT2D eigenvalue weighted by Crippen LogP contribution is 2.36. The molecule has 1 amide bonds. The zero-order chi connectivity index (χ0) is 16.5. The number of aromatic nitrogens is 2. The second kappa shape index (κ2) is 6.38. The molecular weight excluding hydrogens is 302 g/mol. The summed E-state index contributed by atoms with van der Waals surface area (Å²) in [7, 11) is 0. The van der Waals surface area contributed by atoms with E-state index in [1.165, 1.54) is 31.9 Å². The SMILES string of the molecule is O=C(Cn1ncc(=O)c2ccccc21)N1CCC2CCCCC2C1. The van der Waals surface area contributed by atoms with Crippen LogP contribution in [0.5, 0.6) is 0 Å². The van der Waals surface area contributed by atoms with Crippen molar-refractivity contribution in [1.29, 1.82) is 0 Å². The van der Waals surface area contributed by atoms with E-state index in [0.29, 0.717) is 11.3 Å². The molecule has 0 N–H and O–H groups in total. The van der Waals surface area contributed by atoms with Crippen LogP contribution < -0.4 is 5.43 Å². The lowest BCUT2D eigenvalue weighted by Gasteiger charge is -2.41.